The molecule has 0 atom stereocenters. The molecule has 0 spiro atoms. The SMILES string of the molecule is CCCCOc1ccc(C2c3cc(c(OC(C)=O)cc3OC(C)=O)C(c3ccc(OCCCC)cc3)c3cc(c(OC(C)=O)cc3OC(C)=O)C(c3ccc(OCCCC)cc3)c3cc(c(OC(C)=O)cc3OC(C)=O)C(c3ccc(OCCCC)cc3)c3cc2c(OC(C)=O)cc3OC(C)=O)cc1. The Morgan fingerprint density at radius 3 is 0.500 bits per heavy atom. The van der Waals surface area contributed by atoms with Gasteiger partial charge >= 0.3 is 47.8 Å². The third-order valence-corrected chi connectivity index (χ3v) is 17.0. The maximum absolute atomic E-state index is 13.9. The molecule has 0 saturated heterocycles. The van der Waals surface area contributed by atoms with Crippen LogP contribution in [0.3, 0.4) is 0 Å². The zero-order valence-corrected chi connectivity index (χ0v) is 60.8. The van der Waals surface area contributed by atoms with Crippen LogP contribution in [0.5, 0.6) is 69.0 Å². The van der Waals surface area contributed by atoms with Gasteiger partial charge in [0.05, 0.1) is 26.4 Å². The first-order valence-corrected chi connectivity index (χ1v) is 35.1. The van der Waals surface area contributed by atoms with E-state index >= 15 is 0 Å². The average molecular weight is 1420 g/mol. The minimum atomic E-state index is -1.25. The van der Waals surface area contributed by atoms with Gasteiger partial charge in [-0.1, -0.05) is 102 Å². The summed E-state index contributed by atoms with van der Waals surface area (Å²) >= 11 is 0. The normalized spacial score (nSPS) is 14.3. The lowest BCUT2D eigenvalue weighted by Gasteiger charge is -2.32. The minimum Gasteiger partial charge on any atom is -0.494 e. The first-order valence-electron chi connectivity index (χ1n) is 35.1. The Morgan fingerprint density at radius 2 is 0.375 bits per heavy atom. The molecular formula is C84H88O20. The van der Waals surface area contributed by atoms with Crippen LogP contribution in [0.15, 0.2) is 146 Å². The molecule has 0 N–H and O–H groups in total. The average Bonchev–Trinajstić information content (AvgIpc) is 0.734. The Hall–Kier alpha value is -11.3. The molecule has 8 bridgehead atoms. The summed E-state index contributed by atoms with van der Waals surface area (Å²) in [5.41, 5.74) is 3.36. The van der Waals surface area contributed by atoms with Gasteiger partial charge in [-0.3, -0.25) is 38.4 Å². The number of rotatable bonds is 28. The lowest BCUT2D eigenvalue weighted by Crippen LogP contribution is -2.19. The summed E-state index contributed by atoms with van der Waals surface area (Å²) < 4.78 is 75.6. The number of hydrogen-bond donors (Lipinski definition) is 0. The molecule has 9 rings (SSSR count). The van der Waals surface area contributed by atoms with Gasteiger partial charge in [0.15, 0.2) is 0 Å². The van der Waals surface area contributed by atoms with Crippen molar-refractivity contribution in [1.29, 1.82) is 0 Å². The summed E-state index contributed by atoms with van der Waals surface area (Å²) in [5, 5.41) is 0. The summed E-state index contributed by atoms with van der Waals surface area (Å²) in [6.07, 6.45) is 6.44. The number of fused-ring (bicyclic) bond motifs is 8. The van der Waals surface area contributed by atoms with Crippen LogP contribution in [-0.2, 0) is 38.4 Å². The predicted octanol–water partition coefficient (Wildman–Crippen LogP) is 16.8. The highest BCUT2D eigenvalue weighted by Crippen LogP contribution is 2.56. The van der Waals surface area contributed by atoms with Gasteiger partial charge in [0.1, 0.15) is 69.0 Å². The van der Waals surface area contributed by atoms with Crippen molar-refractivity contribution in [2.75, 3.05) is 26.4 Å². The number of benzene rings is 8. The molecule has 0 unspecified atom stereocenters. The highest BCUT2D eigenvalue weighted by molar-refractivity contribution is 5.80. The fraction of sp³-hybridized carbons (Fsp3) is 0.333. The van der Waals surface area contributed by atoms with Crippen LogP contribution in [0.2, 0.25) is 0 Å². The second kappa shape index (κ2) is 36.0. The van der Waals surface area contributed by atoms with Crippen LogP contribution in [0.4, 0.5) is 0 Å². The summed E-state index contributed by atoms with van der Waals surface area (Å²) in [6, 6.07) is 40.9. The van der Waals surface area contributed by atoms with Gasteiger partial charge < -0.3 is 56.8 Å². The van der Waals surface area contributed by atoms with E-state index < -0.39 is 71.4 Å². The standard InChI is InChI=1S/C84H88O20/c1-13-17-37-93-61-29-21-57(22-30-61)81-65-41-67(75(99-51(7)87)45-73(65)97-49(5)85)82(58-23-31-62(32-24-58)94-38-18-14-2)69-43-71(79(103-55(11)91)47-77(69)101-53(9)89)84(60-27-35-64(36-28-60)96-40-20-16-4)72-44-70(78(102-54(10)90)48-80(72)104-56(12)92)83(59-25-33-63(34-26-59)95-39-19-15-3)68-42-66(81)74(98-50(6)86)46-76(68)100-52(8)88/h21-36,41-48,81-84H,13-20,37-40H2,1-12H3. The van der Waals surface area contributed by atoms with Crippen molar-refractivity contribution >= 4 is 47.8 Å². The second-order valence-electron chi connectivity index (χ2n) is 25.3. The van der Waals surface area contributed by atoms with E-state index in [1.165, 1.54) is 79.7 Å². The number of carbonyl (C=O) groups is 8. The van der Waals surface area contributed by atoms with E-state index in [1.807, 2.05) is 27.7 Å². The van der Waals surface area contributed by atoms with Crippen molar-refractivity contribution < 1.29 is 95.2 Å². The van der Waals surface area contributed by atoms with Crippen molar-refractivity contribution in [2.45, 2.75) is 158 Å². The summed E-state index contributed by atoms with van der Waals surface area (Å²) in [5.74, 6) is -10.5. The van der Waals surface area contributed by atoms with Crippen molar-refractivity contribution in [3.05, 3.63) is 212 Å². The lowest BCUT2D eigenvalue weighted by molar-refractivity contribution is -0.133. The smallest absolute Gasteiger partial charge is 0.308 e. The quantitative estimate of drug-likeness (QED) is 0.0251. The lowest BCUT2D eigenvalue weighted by atomic mass is 9.75. The van der Waals surface area contributed by atoms with Gasteiger partial charge in [-0.2, -0.15) is 0 Å². The van der Waals surface area contributed by atoms with Crippen molar-refractivity contribution in [1.82, 2.24) is 0 Å². The molecule has 544 valence electrons. The summed E-state index contributed by atoms with van der Waals surface area (Å²) in [4.78, 5) is 112. The van der Waals surface area contributed by atoms with Gasteiger partial charge in [-0.15, -0.1) is 0 Å². The van der Waals surface area contributed by atoms with Crippen LogP contribution in [0.25, 0.3) is 0 Å². The predicted molar refractivity (Wildman–Crippen MR) is 387 cm³/mol. The fourth-order valence-electron chi connectivity index (χ4n) is 12.6. The highest BCUT2D eigenvalue weighted by atomic mass is 16.6. The van der Waals surface area contributed by atoms with E-state index in [1.54, 1.807) is 121 Å². The summed E-state index contributed by atoms with van der Waals surface area (Å²) in [6.45, 7) is 19.4. The molecule has 0 radical (unpaired) electrons. The number of hydrogen-bond acceptors (Lipinski definition) is 20. The highest BCUT2D eigenvalue weighted by Gasteiger charge is 2.39. The van der Waals surface area contributed by atoms with Crippen LogP contribution >= 0.6 is 0 Å². The van der Waals surface area contributed by atoms with Crippen LogP contribution in [-0.4, -0.2) is 74.2 Å². The topological polar surface area (TPSA) is 247 Å². The minimum absolute atomic E-state index is 0.143. The van der Waals surface area contributed by atoms with E-state index in [9.17, 15) is 38.4 Å². The van der Waals surface area contributed by atoms with Crippen molar-refractivity contribution in [2.24, 2.45) is 0 Å². The monoisotopic (exact) mass is 1420 g/mol. The maximum Gasteiger partial charge on any atom is 0.308 e. The third-order valence-electron chi connectivity index (χ3n) is 17.0. The fourth-order valence-corrected chi connectivity index (χ4v) is 12.6. The largest absolute Gasteiger partial charge is 0.494 e. The van der Waals surface area contributed by atoms with E-state index in [0.29, 0.717) is 71.7 Å². The molecule has 1 aliphatic rings. The Morgan fingerprint density at radius 1 is 0.231 bits per heavy atom. The van der Waals surface area contributed by atoms with Gasteiger partial charge in [0, 0.05) is 148 Å². The summed E-state index contributed by atoms with van der Waals surface area (Å²) in [7, 11) is 0. The van der Waals surface area contributed by atoms with Crippen molar-refractivity contribution in [3.8, 4) is 69.0 Å². The third kappa shape index (κ3) is 19.7. The molecule has 8 aromatic rings. The Kier molecular flexibility index (Phi) is 26.6. The molecular weight excluding hydrogens is 1330 g/mol. The van der Waals surface area contributed by atoms with E-state index in [-0.39, 0.29) is 90.5 Å². The second-order valence-corrected chi connectivity index (χ2v) is 25.3. The van der Waals surface area contributed by atoms with Gasteiger partial charge in [0.2, 0.25) is 0 Å². The number of carbonyl (C=O) groups excluding carboxylic acids is 8. The maximum atomic E-state index is 13.9. The molecule has 0 fully saturated rings. The Balaban J connectivity index is 1.62. The molecule has 0 amide bonds. The van der Waals surface area contributed by atoms with E-state index in [0.717, 1.165) is 51.4 Å². The zero-order chi connectivity index (χ0) is 74.7. The van der Waals surface area contributed by atoms with Gasteiger partial charge in [-0.25, -0.2) is 0 Å². The molecule has 1 aliphatic carbocycles. The Labute approximate surface area is 606 Å². The van der Waals surface area contributed by atoms with Crippen LogP contribution in [0.1, 0.15) is 225 Å². The first-order chi connectivity index (χ1) is 50.0. The number of ether oxygens (including phenoxy) is 12. The van der Waals surface area contributed by atoms with Crippen LogP contribution < -0.4 is 56.8 Å². The van der Waals surface area contributed by atoms with Crippen molar-refractivity contribution in [3.63, 3.8) is 0 Å². The van der Waals surface area contributed by atoms with Gasteiger partial charge in [0.25, 0.3) is 0 Å². The van der Waals surface area contributed by atoms with E-state index in [4.69, 9.17) is 56.8 Å². The molecule has 0 aromatic heterocycles. The Bertz CT molecular complexity index is 3700. The number of unbranched alkanes of at least 4 members (excludes halogenated alkanes) is 4. The molecule has 20 heteroatoms. The first kappa shape index (κ1) is 76.9. The zero-order valence-electron chi connectivity index (χ0n) is 60.8. The van der Waals surface area contributed by atoms with Crippen LogP contribution in [0, 0.1) is 0 Å². The molecule has 8 aromatic carbocycles. The molecule has 0 aliphatic heterocycles. The molecule has 0 heterocycles. The van der Waals surface area contributed by atoms with Gasteiger partial charge in [-0.05, 0) is 121 Å². The number of esters is 8. The van der Waals surface area contributed by atoms with E-state index in [2.05, 4.69) is 0 Å². The molecule has 104 heavy (non-hydrogen) atoms. The molecule has 0 saturated carbocycles. The molecule has 20 nitrogen and oxygen atoms in total.